The number of carboxylic acids is 1. The number of aliphatic carboxylic acids is 1. The second-order valence-corrected chi connectivity index (χ2v) is 7.41. The Balaban J connectivity index is 1.87. The standard InChI is InChI=1S/C21H27ClN2O3/c1-14(2)19(24-13-20(25)16-4-3-5-17(22)11-16)12-23-18-8-6-15(7-9-18)10-21(26)27/h3-9,11,14,19-20,23-25H,10,12-13H2,1-2H3,(H,26,27)/t19-,20-/m0/s1. The molecule has 6 heteroatoms. The predicted octanol–water partition coefficient (Wildman–Crippen LogP) is 3.73. The van der Waals surface area contributed by atoms with Crippen molar-refractivity contribution in [3.63, 3.8) is 0 Å². The molecule has 4 N–H and O–H groups in total. The van der Waals surface area contributed by atoms with Crippen molar-refractivity contribution in [3.8, 4) is 0 Å². The largest absolute Gasteiger partial charge is 0.481 e. The highest BCUT2D eigenvalue weighted by molar-refractivity contribution is 6.30. The molecule has 0 unspecified atom stereocenters. The fourth-order valence-electron chi connectivity index (χ4n) is 2.78. The van der Waals surface area contributed by atoms with Gasteiger partial charge in [0.05, 0.1) is 12.5 Å². The van der Waals surface area contributed by atoms with Crippen molar-refractivity contribution in [2.45, 2.75) is 32.4 Å². The SMILES string of the molecule is CC(C)[C@H](CNc1ccc(CC(=O)O)cc1)NC[C@H](O)c1cccc(Cl)c1. The Bertz CT molecular complexity index is 734. The van der Waals surface area contributed by atoms with Crippen molar-refractivity contribution in [1.29, 1.82) is 0 Å². The van der Waals surface area contributed by atoms with Gasteiger partial charge in [0.15, 0.2) is 0 Å². The van der Waals surface area contributed by atoms with Crippen LogP contribution in [0.1, 0.15) is 31.1 Å². The minimum absolute atomic E-state index is 0.0256. The van der Waals surface area contributed by atoms with Crippen LogP contribution in [0, 0.1) is 5.92 Å². The highest BCUT2D eigenvalue weighted by atomic mass is 35.5. The maximum absolute atomic E-state index is 10.7. The first-order valence-corrected chi connectivity index (χ1v) is 9.44. The van der Waals surface area contributed by atoms with Gasteiger partial charge in [0, 0.05) is 29.8 Å². The molecule has 0 radical (unpaired) electrons. The lowest BCUT2D eigenvalue weighted by Gasteiger charge is -2.25. The summed E-state index contributed by atoms with van der Waals surface area (Å²) >= 11 is 5.98. The third-order valence-electron chi connectivity index (χ3n) is 4.45. The smallest absolute Gasteiger partial charge is 0.307 e. The highest BCUT2D eigenvalue weighted by Crippen LogP contribution is 2.18. The summed E-state index contributed by atoms with van der Waals surface area (Å²) in [5.74, 6) is -0.464. The van der Waals surface area contributed by atoms with Gasteiger partial charge < -0.3 is 20.8 Å². The summed E-state index contributed by atoms with van der Waals surface area (Å²) in [6, 6.07) is 14.8. The van der Waals surface area contributed by atoms with E-state index in [1.165, 1.54) is 0 Å². The lowest BCUT2D eigenvalue weighted by atomic mass is 10.0. The third kappa shape index (κ3) is 7.21. The molecule has 0 aliphatic rings. The van der Waals surface area contributed by atoms with Crippen LogP contribution in [0.5, 0.6) is 0 Å². The van der Waals surface area contributed by atoms with Gasteiger partial charge in [0.1, 0.15) is 0 Å². The van der Waals surface area contributed by atoms with Gasteiger partial charge in [-0.3, -0.25) is 4.79 Å². The normalized spacial score (nSPS) is 13.4. The van der Waals surface area contributed by atoms with Crippen molar-refractivity contribution < 1.29 is 15.0 Å². The number of hydrogen-bond acceptors (Lipinski definition) is 4. The van der Waals surface area contributed by atoms with Crippen molar-refractivity contribution >= 4 is 23.3 Å². The van der Waals surface area contributed by atoms with Crippen LogP contribution in [0.15, 0.2) is 48.5 Å². The first-order valence-electron chi connectivity index (χ1n) is 9.06. The Labute approximate surface area is 165 Å². The number of carboxylic acid groups (broad SMARTS) is 1. The topological polar surface area (TPSA) is 81.6 Å². The predicted molar refractivity (Wildman–Crippen MR) is 109 cm³/mol. The minimum Gasteiger partial charge on any atom is -0.481 e. The van der Waals surface area contributed by atoms with E-state index in [1.54, 1.807) is 12.1 Å². The number of hydrogen-bond donors (Lipinski definition) is 4. The van der Waals surface area contributed by atoms with Gasteiger partial charge in [-0.15, -0.1) is 0 Å². The molecule has 0 fully saturated rings. The number of carbonyl (C=O) groups is 1. The Morgan fingerprint density at radius 3 is 2.41 bits per heavy atom. The molecule has 0 aliphatic carbocycles. The quantitative estimate of drug-likeness (QED) is 0.497. The molecular weight excluding hydrogens is 364 g/mol. The van der Waals surface area contributed by atoms with E-state index >= 15 is 0 Å². The number of anilines is 1. The van der Waals surface area contributed by atoms with E-state index in [4.69, 9.17) is 16.7 Å². The average Bonchev–Trinajstić information content (AvgIpc) is 2.62. The second-order valence-electron chi connectivity index (χ2n) is 6.98. The second kappa shape index (κ2) is 10.3. The maximum Gasteiger partial charge on any atom is 0.307 e. The number of nitrogens with one attached hydrogen (secondary N) is 2. The van der Waals surface area contributed by atoms with Crippen LogP contribution < -0.4 is 10.6 Å². The molecule has 2 aromatic rings. The molecule has 2 aromatic carbocycles. The maximum atomic E-state index is 10.7. The van der Waals surface area contributed by atoms with Gasteiger partial charge in [-0.05, 0) is 41.3 Å². The zero-order valence-electron chi connectivity index (χ0n) is 15.7. The van der Waals surface area contributed by atoms with Gasteiger partial charge >= 0.3 is 5.97 Å². The number of rotatable bonds is 10. The molecular formula is C21H27ClN2O3. The van der Waals surface area contributed by atoms with Crippen molar-refractivity contribution in [3.05, 3.63) is 64.7 Å². The van der Waals surface area contributed by atoms with E-state index in [1.807, 2.05) is 36.4 Å². The summed E-state index contributed by atoms with van der Waals surface area (Å²) in [4.78, 5) is 10.7. The first-order chi connectivity index (χ1) is 12.8. The Morgan fingerprint density at radius 1 is 1.11 bits per heavy atom. The molecule has 0 amide bonds. The molecule has 0 saturated carbocycles. The highest BCUT2D eigenvalue weighted by Gasteiger charge is 2.16. The van der Waals surface area contributed by atoms with Crippen LogP contribution >= 0.6 is 11.6 Å². The van der Waals surface area contributed by atoms with Crippen LogP contribution in [0.3, 0.4) is 0 Å². The molecule has 0 spiro atoms. The molecule has 0 heterocycles. The Morgan fingerprint density at radius 2 is 1.81 bits per heavy atom. The molecule has 5 nitrogen and oxygen atoms in total. The van der Waals surface area contributed by atoms with Crippen molar-refractivity contribution in [1.82, 2.24) is 5.32 Å². The van der Waals surface area contributed by atoms with E-state index in [-0.39, 0.29) is 12.5 Å². The van der Waals surface area contributed by atoms with Crippen molar-refractivity contribution in [2.24, 2.45) is 5.92 Å². The van der Waals surface area contributed by atoms with Gasteiger partial charge in [0.2, 0.25) is 0 Å². The van der Waals surface area contributed by atoms with Crippen LogP contribution in [-0.2, 0) is 11.2 Å². The lowest BCUT2D eigenvalue weighted by Crippen LogP contribution is -2.41. The van der Waals surface area contributed by atoms with Crippen molar-refractivity contribution in [2.75, 3.05) is 18.4 Å². The summed E-state index contributed by atoms with van der Waals surface area (Å²) in [6.07, 6.45) is -0.599. The van der Waals surface area contributed by atoms with Crippen LogP contribution in [0.25, 0.3) is 0 Å². The molecule has 146 valence electrons. The number of benzene rings is 2. The summed E-state index contributed by atoms with van der Waals surface area (Å²) in [7, 11) is 0. The molecule has 2 atom stereocenters. The van der Waals surface area contributed by atoms with Crippen LogP contribution in [-0.4, -0.2) is 35.3 Å². The van der Waals surface area contributed by atoms with Crippen LogP contribution in [0.2, 0.25) is 5.02 Å². The molecule has 0 saturated heterocycles. The number of halogens is 1. The molecule has 0 aliphatic heterocycles. The van der Waals surface area contributed by atoms with Gasteiger partial charge in [0.25, 0.3) is 0 Å². The van der Waals surface area contributed by atoms with E-state index in [9.17, 15) is 9.90 Å². The fraction of sp³-hybridized carbons (Fsp3) is 0.381. The monoisotopic (exact) mass is 390 g/mol. The van der Waals surface area contributed by atoms with E-state index in [0.29, 0.717) is 24.0 Å². The summed E-state index contributed by atoms with van der Waals surface area (Å²) in [5, 5.41) is 26.6. The Hall–Kier alpha value is -2.08. The zero-order valence-corrected chi connectivity index (χ0v) is 16.4. The molecule has 0 bridgehead atoms. The van der Waals surface area contributed by atoms with Crippen LogP contribution in [0.4, 0.5) is 5.69 Å². The van der Waals surface area contributed by atoms with Gasteiger partial charge in [-0.25, -0.2) is 0 Å². The summed E-state index contributed by atoms with van der Waals surface area (Å²) < 4.78 is 0. The molecule has 2 rings (SSSR count). The number of aliphatic hydroxyl groups excluding tert-OH is 1. The Kier molecular flexibility index (Phi) is 8.10. The summed E-state index contributed by atoms with van der Waals surface area (Å²) in [6.45, 7) is 5.38. The fourth-order valence-corrected chi connectivity index (χ4v) is 2.98. The molecule has 0 aromatic heterocycles. The van der Waals surface area contributed by atoms with E-state index < -0.39 is 12.1 Å². The minimum atomic E-state index is -0.835. The zero-order chi connectivity index (χ0) is 19.8. The lowest BCUT2D eigenvalue weighted by molar-refractivity contribution is -0.136. The summed E-state index contributed by atoms with van der Waals surface area (Å²) in [5.41, 5.74) is 2.50. The van der Waals surface area contributed by atoms with Gasteiger partial charge in [-0.2, -0.15) is 0 Å². The number of aliphatic hydroxyl groups is 1. The van der Waals surface area contributed by atoms with Gasteiger partial charge in [-0.1, -0.05) is 49.7 Å². The van der Waals surface area contributed by atoms with E-state index in [2.05, 4.69) is 24.5 Å². The van der Waals surface area contributed by atoms with E-state index in [0.717, 1.165) is 16.8 Å². The third-order valence-corrected chi connectivity index (χ3v) is 4.68. The molecule has 27 heavy (non-hydrogen) atoms. The first kappa shape index (κ1) is 21.2. The average molecular weight is 391 g/mol.